The molecule has 0 radical (unpaired) electrons. The van der Waals surface area contributed by atoms with Crippen LogP contribution in [0.25, 0.3) is 0 Å². The van der Waals surface area contributed by atoms with Gasteiger partial charge in [-0.15, -0.1) is 0 Å². The van der Waals surface area contributed by atoms with Crippen LogP contribution in [0.5, 0.6) is 5.75 Å². The molecule has 2 aromatic rings. The quantitative estimate of drug-likeness (QED) is 0.701. The molecule has 6 nitrogen and oxygen atoms in total. The molecular formula is C24H31N3O3. The summed E-state index contributed by atoms with van der Waals surface area (Å²) in [4.78, 5) is 19.6. The molecule has 1 fully saturated rings. The molecule has 2 heterocycles. The Morgan fingerprint density at radius 1 is 1.20 bits per heavy atom. The molecule has 0 spiro atoms. The average molecular weight is 410 g/mol. The van der Waals surface area contributed by atoms with Crippen molar-refractivity contribution in [2.45, 2.75) is 44.2 Å². The highest BCUT2D eigenvalue weighted by molar-refractivity contribution is 5.77. The van der Waals surface area contributed by atoms with Gasteiger partial charge in [0.2, 0.25) is 5.91 Å². The smallest absolute Gasteiger partial charge is 0.220 e. The Labute approximate surface area is 178 Å². The number of aromatic nitrogens is 1. The molecule has 1 aliphatic carbocycles. The van der Waals surface area contributed by atoms with Gasteiger partial charge in [-0.2, -0.15) is 0 Å². The fourth-order valence-corrected chi connectivity index (χ4v) is 4.78. The summed E-state index contributed by atoms with van der Waals surface area (Å²) in [5.74, 6) is 0.847. The lowest BCUT2D eigenvalue weighted by Gasteiger charge is -2.29. The van der Waals surface area contributed by atoms with Crippen LogP contribution in [0.4, 0.5) is 0 Å². The Balaban J connectivity index is 1.43. The lowest BCUT2D eigenvalue weighted by atomic mass is 10.0. The Hall–Kier alpha value is -2.44. The van der Waals surface area contributed by atoms with Crippen LogP contribution in [0.3, 0.4) is 0 Å². The fraction of sp³-hybridized carbons (Fsp3) is 0.500. The number of aliphatic hydroxyl groups is 1. The molecular weight excluding hydrogens is 378 g/mol. The van der Waals surface area contributed by atoms with Crippen molar-refractivity contribution in [2.75, 3.05) is 26.7 Å². The van der Waals surface area contributed by atoms with Gasteiger partial charge in [0.25, 0.3) is 0 Å². The zero-order chi connectivity index (χ0) is 20.9. The number of amides is 1. The summed E-state index contributed by atoms with van der Waals surface area (Å²) in [6.45, 7) is 2.60. The van der Waals surface area contributed by atoms with E-state index in [1.165, 1.54) is 11.1 Å². The lowest BCUT2D eigenvalue weighted by Crippen LogP contribution is -2.47. The number of ether oxygens (including phenoxy) is 1. The molecule has 1 aliphatic heterocycles. The van der Waals surface area contributed by atoms with E-state index in [1.54, 1.807) is 25.4 Å². The molecule has 1 aromatic carbocycles. The summed E-state index contributed by atoms with van der Waals surface area (Å²) < 4.78 is 5.39. The standard InChI is InChI=1S/C24H31N3O3/c1-30-21-9-6-10-25-23(21)24(29)20(16-27-11-4-5-12-27)26-22(28)15-17-13-18-7-2-3-8-19(18)14-17/h2-3,6-10,17,20,24,29H,4-5,11-16H2,1H3,(H,26,28)/t20-,24+/m1/s1. The first-order valence-electron chi connectivity index (χ1n) is 10.9. The van der Waals surface area contributed by atoms with Crippen molar-refractivity contribution < 1.29 is 14.6 Å². The number of benzene rings is 1. The molecule has 0 bridgehead atoms. The second kappa shape index (κ2) is 9.58. The number of nitrogens with one attached hydrogen (secondary N) is 1. The van der Waals surface area contributed by atoms with E-state index in [9.17, 15) is 9.90 Å². The van der Waals surface area contributed by atoms with Gasteiger partial charge in [-0.25, -0.2) is 0 Å². The predicted octanol–water partition coefficient (Wildman–Crippen LogP) is 2.51. The summed E-state index contributed by atoms with van der Waals surface area (Å²) in [5, 5.41) is 14.2. The summed E-state index contributed by atoms with van der Waals surface area (Å²) >= 11 is 0. The molecule has 1 amide bonds. The third kappa shape index (κ3) is 4.82. The highest BCUT2D eigenvalue weighted by Gasteiger charge is 2.31. The molecule has 2 aliphatic rings. The van der Waals surface area contributed by atoms with E-state index < -0.39 is 12.1 Å². The van der Waals surface area contributed by atoms with Crippen molar-refractivity contribution >= 4 is 5.91 Å². The van der Waals surface area contributed by atoms with E-state index in [1.807, 2.05) is 0 Å². The highest BCUT2D eigenvalue weighted by Crippen LogP contribution is 2.29. The second-order valence-corrected chi connectivity index (χ2v) is 8.46. The van der Waals surface area contributed by atoms with Crippen LogP contribution in [0, 0.1) is 5.92 Å². The zero-order valence-corrected chi connectivity index (χ0v) is 17.6. The topological polar surface area (TPSA) is 74.7 Å². The molecule has 30 heavy (non-hydrogen) atoms. The Kier molecular flexibility index (Phi) is 6.65. The number of likely N-dealkylation sites (tertiary alicyclic amines) is 1. The third-order valence-electron chi connectivity index (χ3n) is 6.29. The molecule has 1 saturated heterocycles. The van der Waals surface area contributed by atoms with Crippen LogP contribution >= 0.6 is 0 Å². The molecule has 2 N–H and O–H groups in total. The minimum atomic E-state index is -0.925. The average Bonchev–Trinajstić information content (AvgIpc) is 3.41. The maximum absolute atomic E-state index is 12.9. The van der Waals surface area contributed by atoms with Gasteiger partial charge in [0.05, 0.1) is 13.2 Å². The first-order chi connectivity index (χ1) is 14.6. The van der Waals surface area contributed by atoms with Crippen LogP contribution < -0.4 is 10.1 Å². The van der Waals surface area contributed by atoms with Crippen LogP contribution in [0.15, 0.2) is 42.6 Å². The molecule has 1 aromatic heterocycles. The van der Waals surface area contributed by atoms with Crippen LogP contribution in [0.2, 0.25) is 0 Å². The van der Waals surface area contributed by atoms with Crippen molar-refractivity contribution in [3.05, 3.63) is 59.4 Å². The second-order valence-electron chi connectivity index (χ2n) is 8.46. The minimum absolute atomic E-state index is 0.00838. The van der Waals surface area contributed by atoms with Gasteiger partial charge in [-0.3, -0.25) is 9.78 Å². The number of nitrogens with zero attached hydrogens (tertiary/aromatic N) is 2. The Morgan fingerprint density at radius 3 is 2.57 bits per heavy atom. The minimum Gasteiger partial charge on any atom is -0.495 e. The number of rotatable bonds is 8. The van der Waals surface area contributed by atoms with Crippen molar-refractivity contribution in [2.24, 2.45) is 5.92 Å². The van der Waals surface area contributed by atoms with Gasteiger partial charge in [0.15, 0.2) is 0 Å². The number of hydrogen-bond donors (Lipinski definition) is 2. The van der Waals surface area contributed by atoms with E-state index in [-0.39, 0.29) is 5.91 Å². The fourth-order valence-electron chi connectivity index (χ4n) is 4.78. The number of methoxy groups -OCH3 is 1. The first-order valence-corrected chi connectivity index (χ1v) is 10.9. The van der Waals surface area contributed by atoms with Gasteiger partial charge < -0.3 is 20.1 Å². The van der Waals surface area contributed by atoms with Crippen molar-refractivity contribution in [1.82, 2.24) is 15.2 Å². The third-order valence-corrected chi connectivity index (χ3v) is 6.29. The van der Waals surface area contributed by atoms with Crippen molar-refractivity contribution in [3.8, 4) is 5.75 Å². The predicted molar refractivity (Wildman–Crippen MR) is 115 cm³/mol. The summed E-state index contributed by atoms with van der Waals surface area (Å²) in [6, 6.07) is 11.6. The van der Waals surface area contributed by atoms with Crippen molar-refractivity contribution in [3.63, 3.8) is 0 Å². The number of aliphatic hydroxyl groups excluding tert-OH is 1. The maximum Gasteiger partial charge on any atom is 0.220 e. The normalized spacial score (nSPS) is 18.7. The van der Waals surface area contributed by atoms with Crippen LogP contribution in [-0.2, 0) is 17.6 Å². The SMILES string of the molecule is COc1cccnc1[C@@H](O)[C@@H](CN1CCCC1)NC(=O)CC1Cc2ccccc2C1. The summed E-state index contributed by atoms with van der Waals surface area (Å²) in [5.41, 5.74) is 3.17. The molecule has 2 atom stereocenters. The lowest BCUT2D eigenvalue weighted by molar-refractivity contribution is -0.123. The number of hydrogen-bond acceptors (Lipinski definition) is 5. The monoisotopic (exact) mass is 409 g/mol. The van der Waals surface area contributed by atoms with E-state index in [2.05, 4.69) is 39.5 Å². The Bertz CT molecular complexity index is 841. The number of carbonyl (C=O) groups excluding carboxylic acids is 1. The van der Waals surface area contributed by atoms with Gasteiger partial charge in [-0.1, -0.05) is 24.3 Å². The highest BCUT2D eigenvalue weighted by atomic mass is 16.5. The summed E-state index contributed by atoms with van der Waals surface area (Å²) in [6.07, 6.45) is 5.39. The number of carbonyl (C=O) groups is 1. The molecule has 6 heteroatoms. The van der Waals surface area contributed by atoms with E-state index in [0.29, 0.717) is 30.3 Å². The molecule has 160 valence electrons. The van der Waals surface area contributed by atoms with Crippen LogP contribution in [-0.4, -0.2) is 53.7 Å². The van der Waals surface area contributed by atoms with E-state index in [0.717, 1.165) is 38.8 Å². The first kappa shape index (κ1) is 20.8. The zero-order valence-electron chi connectivity index (χ0n) is 17.6. The number of pyridine rings is 1. The molecule has 0 unspecified atom stereocenters. The van der Waals surface area contributed by atoms with E-state index >= 15 is 0 Å². The summed E-state index contributed by atoms with van der Waals surface area (Å²) in [7, 11) is 1.57. The molecule has 4 rings (SSSR count). The number of fused-ring (bicyclic) bond motifs is 1. The van der Waals surface area contributed by atoms with Gasteiger partial charge >= 0.3 is 0 Å². The largest absolute Gasteiger partial charge is 0.495 e. The van der Waals surface area contributed by atoms with Gasteiger partial charge in [0.1, 0.15) is 17.5 Å². The van der Waals surface area contributed by atoms with Gasteiger partial charge in [0, 0.05) is 19.2 Å². The molecule has 0 saturated carbocycles. The maximum atomic E-state index is 12.9. The van der Waals surface area contributed by atoms with Crippen molar-refractivity contribution in [1.29, 1.82) is 0 Å². The Morgan fingerprint density at radius 2 is 1.90 bits per heavy atom. The van der Waals surface area contributed by atoms with Crippen LogP contribution in [0.1, 0.15) is 42.2 Å². The van der Waals surface area contributed by atoms with E-state index in [4.69, 9.17) is 4.74 Å². The van der Waals surface area contributed by atoms with Gasteiger partial charge in [-0.05, 0) is 68.0 Å².